The minimum atomic E-state index is 0.689. The monoisotopic (exact) mass is 226 g/mol. The Morgan fingerprint density at radius 3 is 2.54 bits per heavy atom. The molecular weight excluding hydrogens is 220 g/mol. The molecule has 13 heavy (non-hydrogen) atoms. The zero-order valence-electron chi connectivity index (χ0n) is 6.54. The second-order valence-electron chi connectivity index (χ2n) is 2.40. The summed E-state index contributed by atoms with van der Waals surface area (Å²) in [6.07, 6.45) is 0. The predicted molar refractivity (Wildman–Crippen MR) is 59.5 cm³/mol. The van der Waals surface area contributed by atoms with Gasteiger partial charge in [0.05, 0.1) is 5.69 Å². The van der Waals surface area contributed by atoms with Crippen LogP contribution in [0, 0.1) is 3.95 Å². The molecule has 5 heteroatoms. The Hall–Kier alpha value is -0.650. The molecule has 0 saturated carbocycles. The summed E-state index contributed by atoms with van der Waals surface area (Å²) in [5.74, 6) is 0. The van der Waals surface area contributed by atoms with Gasteiger partial charge in [-0.2, -0.15) is 0 Å². The summed E-state index contributed by atoms with van der Waals surface area (Å²) in [6.45, 7) is 0. The molecule has 0 aliphatic heterocycles. The van der Waals surface area contributed by atoms with Crippen LogP contribution in [0.15, 0.2) is 34.7 Å². The number of hydrogen-bond acceptors (Lipinski definition) is 4. The van der Waals surface area contributed by atoms with E-state index in [2.05, 4.69) is 17.7 Å². The first-order valence-electron chi connectivity index (χ1n) is 3.62. The van der Waals surface area contributed by atoms with Crippen LogP contribution in [-0.4, -0.2) is 9.78 Å². The highest BCUT2D eigenvalue weighted by Crippen LogP contribution is 2.16. The van der Waals surface area contributed by atoms with Gasteiger partial charge in [0.15, 0.2) is 8.29 Å². The van der Waals surface area contributed by atoms with Gasteiger partial charge in [0.1, 0.15) is 0 Å². The number of aromatic nitrogens is 2. The molecule has 0 radical (unpaired) electrons. The Morgan fingerprint density at radius 2 is 2.00 bits per heavy atom. The van der Waals surface area contributed by atoms with Gasteiger partial charge in [-0.3, -0.25) is 0 Å². The Balaban J connectivity index is 2.59. The molecule has 0 fully saturated rings. The van der Waals surface area contributed by atoms with Crippen LogP contribution in [0.2, 0.25) is 0 Å². The fourth-order valence-corrected chi connectivity index (χ4v) is 2.43. The Labute approximate surface area is 90.3 Å². The van der Waals surface area contributed by atoms with E-state index in [1.54, 1.807) is 4.68 Å². The number of nitrogens with zero attached hydrogens (tertiary/aromatic N) is 2. The average Bonchev–Trinajstić information content (AvgIpc) is 2.47. The van der Waals surface area contributed by atoms with E-state index in [4.69, 9.17) is 12.2 Å². The zero-order chi connectivity index (χ0) is 9.26. The van der Waals surface area contributed by atoms with Crippen LogP contribution < -0.4 is 0 Å². The summed E-state index contributed by atoms with van der Waals surface area (Å²) in [5, 5.41) is 4.18. The number of hydrogen-bond donors (Lipinski definition) is 1. The summed E-state index contributed by atoms with van der Waals surface area (Å²) >= 11 is 10.7. The highest BCUT2D eigenvalue weighted by atomic mass is 32.2. The van der Waals surface area contributed by atoms with Gasteiger partial charge >= 0.3 is 0 Å². The quantitative estimate of drug-likeness (QED) is 0.595. The summed E-state index contributed by atoms with van der Waals surface area (Å²) in [4.78, 5) is 0. The van der Waals surface area contributed by atoms with Crippen LogP contribution in [0.25, 0.3) is 5.69 Å². The van der Waals surface area contributed by atoms with Crippen LogP contribution in [0.1, 0.15) is 0 Å². The topological polar surface area (TPSA) is 17.8 Å². The lowest BCUT2D eigenvalue weighted by Crippen LogP contribution is -1.94. The van der Waals surface area contributed by atoms with E-state index in [0.717, 1.165) is 9.64 Å². The largest absolute Gasteiger partial charge is 0.211 e. The third-order valence-corrected chi connectivity index (χ3v) is 2.94. The molecule has 0 N–H and O–H groups in total. The molecular formula is C8H6N2S3. The first-order valence-corrected chi connectivity index (χ1v) is 5.29. The summed E-state index contributed by atoms with van der Waals surface area (Å²) in [6, 6.07) is 9.79. The molecule has 66 valence electrons. The summed E-state index contributed by atoms with van der Waals surface area (Å²) in [7, 11) is 0. The second-order valence-corrected chi connectivity index (χ2v) is 4.75. The van der Waals surface area contributed by atoms with Crippen LogP contribution >= 0.6 is 36.2 Å². The lowest BCUT2D eigenvalue weighted by atomic mass is 10.3. The van der Waals surface area contributed by atoms with Gasteiger partial charge in [0, 0.05) is 0 Å². The maximum absolute atomic E-state index is 5.12. The molecule has 0 amide bonds. The molecule has 0 aliphatic rings. The predicted octanol–water partition coefficient (Wildman–Crippen LogP) is 2.95. The van der Waals surface area contributed by atoms with Crippen molar-refractivity contribution in [3.8, 4) is 5.69 Å². The van der Waals surface area contributed by atoms with Gasteiger partial charge in [-0.25, -0.2) is 4.68 Å². The van der Waals surface area contributed by atoms with Gasteiger partial charge in [-0.1, -0.05) is 29.5 Å². The van der Waals surface area contributed by atoms with Crippen molar-refractivity contribution < 1.29 is 0 Å². The molecule has 2 nitrogen and oxygen atoms in total. The van der Waals surface area contributed by atoms with Crippen LogP contribution in [0.4, 0.5) is 0 Å². The van der Waals surface area contributed by atoms with E-state index >= 15 is 0 Å². The van der Waals surface area contributed by atoms with Gasteiger partial charge in [0.2, 0.25) is 0 Å². The number of benzene rings is 1. The molecule has 0 unspecified atom stereocenters. The number of para-hydroxylation sites is 1. The fraction of sp³-hybridized carbons (Fsp3) is 0. The Bertz CT molecular complexity index is 458. The first kappa shape index (κ1) is 8.93. The first-order chi connectivity index (χ1) is 6.27. The van der Waals surface area contributed by atoms with Crippen LogP contribution in [-0.2, 0) is 0 Å². The van der Waals surface area contributed by atoms with E-state index in [1.165, 1.54) is 11.3 Å². The number of thiol groups is 1. The van der Waals surface area contributed by atoms with Gasteiger partial charge in [0.25, 0.3) is 0 Å². The lowest BCUT2D eigenvalue weighted by molar-refractivity contribution is 0.831. The van der Waals surface area contributed by atoms with Crippen LogP contribution in [0.5, 0.6) is 0 Å². The van der Waals surface area contributed by atoms with E-state index in [-0.39, 0.29) is 0 Å². The van der Waals surface area contributed by atoms with E-state index in [9.17, 15) is 0 Å². The van der Waals surface area contributed by atoms with E-state index in [0.29, 0.717) is 4.34 Å². The Morgan fingerprint density at radius 1 is 1.31 bits per heavy atom. The molecule has 0 bridgehead atoms. The van der Waals surface area contributed by atoms with Gasteiger partial charge in [-0.15, -0.1) is 17.7 Å². The van der Waals surface area contributed by atoms with Gasteiger partial charge < -0.3 is 0 Å². The van der Waals surface area contributed by atoms with Crippen molar-refractivity contribution in [2.45, 2.75) is 4.34 Å². The molecule has 2 aromatic rings. The van der Waals surface area contributed by atoms with Gasteiger partial charge in [-0.05, 0) is 24.4 Å². The molecule has 0 aliphatic carbocycles. The highest BCUT2D eigenvalue weighted by Gasteiger charge is 2.00. The molecule has 0 saturated heterocycles. The van der Waals surface area contributed by atoms with Crippen LogP contribution in [0.3, 0.4) is 0 Å². The minimum absolute atomic E-state index is 0.689. The fourth-order valence-electron chi connectivity index (χ4n) is 1.00. The lowest BCUT2D eigenvalue weighted by Gasteiger charge is -1.97. The third-order valence-electron chi connectivity index (χ3n) is 1.54. The molecule has 1 aromatic heterocycles. The average molecular weight is 226 g/mol. The normalized spacial score (nSPS) is 10.2. The van der Waals surface area contributed by atoms with E-state index in [1.807, 2.05) is 30.3 Å². The molecule has 1 heterocycles. The van der Waals surface area contributed by atoms with E-state index < -0.39 is 0 Å². The highest BCUT2D eigenvalue weighted by molar-refractivity contribution is 7.83. The van der Waals surface area contributed by atoms with Crippen molar-refractivity contribution in [3.63, 3.8) is 0 Å². The molecule has 2 rings (SSSR count). The second kappa shape index (κ2) is 3.61. The van der Waals surface area contributed by atoms with Crippen molar-refractivity contribution in [1.29, 1.82) is 0 Å². The molecule has 0 spiro atoms. The number of rotatable bonds is 1. The Kier molecular flexibility index (Phi) is 2.48. The minimum Gasteiger partial charge on any atom is -0.211 e. The maximum Gasteiger partial charge on any atom is 0.184 e. The molecule has 1 aromatic carbocycles. The molecule has 0 atom stereocenters. The maximum atomic E-state index is 5.12. The van der Waals surface area contributed by atoms with Crippen molar-refractivity contribution in [2.24, 2.45) is 0 Å². The van der Waals surface area contributed by atoms with Crippen molar-refractivity contribution in [2.75, 3.05) is 0 Å². The van der Waals surface area contributed by atoms with Crippen molar-refractivity contribution in [1.82, 2.24) is 9.78 Å². The van der Waals surface area contributed by atoms with Crippen molar-refractivity contribution >= 4 is 36.2 Å². The SMILES string of the molecule is S=c1sc(S)nn1-c1ccccc1. The smallest absolute Gasteiger partial charge is 0.184 e. The zero-order valence-corrected chi connectivity index (χ0v) is 9.07. The standard InChI is InChI=1S/C8H6N2S3/c11-7-9-10(8(12)13-7)6-4-2-1-3-5-6/h1-5H,(H,9,11). The third kappa shape index (κ3) is 1.82. The summed E-state index contributed by atoms with van der Waals surface area (Å²) < 4.78 is 3.12. The van der Waals surface area contributed by atoms with Crippen molar-refractivity contribution in [3.05, 3.63) is 34.3 Å². The summed E-state index contributed by atoms with van der Waals surface area (Å²) in [5.41, 5.74) is 0.976.